The molecule has 0 atom stereocenters. The van der Waals surface area contributed by atoms with Crippen molar-refractivity contribution < 1.29 is 22.8 Å². The molecule has 6 nitrogen and oxygen atoms in total. The number of thioether (sulfide) groups is 1. The third-order valence-corrected chi connectivity index (χ3v) is 7.76. The number of imide groups is 1. The number of fused-ring (bicyclic) bond motifs is 1. The number of aromatic nitrogens is 1. The number of nitrogens with zero attached hydrogens (tertiary/aromatic N) is 4. The number of amides is 3. The minimum Gasteiger partial charge on any atom is -0.371 e. The van der Waals surface area contributed by atoms with Crippen molar-refractivity contribution in [1.29, 1.82) is 0 Å². The van der Waals surface area contributed by atoms with E-state index in [0.717, 1.165) is 40.1 Å². The van der Waals surface area contributed by atoms with Gasteiger partial charge in [-0.3, -0.25) is 9.78 Å². The fourth-order valence-corrected chi connectivity index (χ4v) is 5.52. The second-order valence-electron chi connectivity index (χ2n) is 9.83. The van der Waals surface area contributed by atoms with E-state index < -0.39 is 23.0 Å². The second kappa shape index (κ2) is 9.55. The molecule has 2 fully saturated rings. The molecule has 0 unspecified atom stereocenters. The molecule has 2 aliphatic heterocycles. The topological polar surface area (TPSA) is 56.8 Å². The number of hydrogen-bond acceptors (Lipinski definition) is 5. The third kappa shape index (κ3) is 4.99. The molecule has 2 aliphatic rings. The Morgan fingerprint density at radius 2 is 1.62 bits per heavy atom. The molecule has 2 saturated heterocycles. The Bertz CT molecular complexity index is 1340. The maximum Gasteiger partial charge on any atom is 0.446 e. The highest BCUT2D eigenvalue weighted by Gasteiger charge is 2.51. The summed E-state index contributed by atoms with van der Waals surface area (Å²) in [4.78, 5) is 36.2. The number of rotatable bonds is 5. The van der Waals surface area contributed by atoms with E-state index in [1.807, 2.05) is 12.1 Å². The molecule has 2 aromatic carbocycles. The van der Waals surface area contributed by atoms with Crippen LogP contribution in [0.5, 0.6) is 0 Å². The quantitative estimate of drug-likeness (QED) is 0.276. The van der Waals surface area contributed by atoms with Gasteiger partial charge in [0.1, 0.15) is 5.54 Å². The Labute approximate surface area is 217 Å². The maximum atomic E-state index is 13.5. The van der Waals surface area contributed by atoms with Gasteiger partial charge in [-0.2, -0.15) is 13.2 Å². The summed E-state index contributed by atoms with van der Waals surface area (Å²) in [7, 11) is 0. The van der Waals surface area contributed by atoms with Gasteiger partial charge in [-0.05, 0) is 92.9 Å². The number of halogens is 3. The summed E-state index contributed by atoms with van der Waals surface area (Å²) in [6.45, 7) is 5.60. The monoisotopic (exact) mass is 528 g/mol. The molecule has 37 heavy (non-hydrogen) atoms. The van der Waals surface area contributed by atoms with E-state index in [9.17, 15) is 22.8 Å². The van der Waals surface area contributed by atoms with Gasteiger partial charge in [0, 0.05) is 41.8 Å². The molecule has 3 heterocycles. The highest BCUT2D eigenvalue weighted by Crippen LogP contribution is 2.39. The van der Waals surface area contributed by atoms with Crippen LogP contribution >= 0.6 is 11.8 Å². The molecule has 3 amide bonds. The molecule has 3 aromatic rings. The molecule has 0 saturated carbocycles. The van der Waals surface area contributed by atoms with Gasteiger partial charge in [-0.15, -0.1) is 0 Å². The van der Waals surface area contributed by atoms with Crippen LogP contribution in [-0.4, -0.2) is 46.0 Å². The van der Waals surface area contributed by atoms with Crippen LogP contribution in [0, 0.1) is 0 Å². The summed E-state index contributed by atoms with van der Waals surface area (Å²) in [5, 5.41) is 0.909. The Kier molecular flexibility index (Phi) is 6.55. The molecular weight excluding hydrogens is 501 g/mol. The van der Waals surface area contributed by atoms with Crippen molar-refractivity contribution in [2.45, 2.75) is 55.6 Å². The zero-order chi connectivity index (χ0) is 26.4. The number of anilines is 2. The lowest BCUT2D eigenvalue weighted by atomic mass is 10.0. The molecule has 0 N–H and O–H groups in total. The van der Waals surface area contributed by atoms with Crippen LogP contribution in [0.3, 0.4) is 0 Å². The maximum absolute atomic E-state index is 13.5. The van der Waals surface area contributed by atoms with Crippen LogP contribution in [0.4, 0.5) is 29.3 Å². The van der Waals surface area contributed by atoms with Crippen LogP contribution in [-0.2, 0) is 11.3 Å². The Morgan fingerprint density at radius 1 is 0.946 bits per heavy atom. The molecule has 10 heteroatoms. The fraction of sp³-hybridized carbons (Fsp3) is 0.370. The van der Waals surface area contributed by atoms with Crippen molar-refractivity contribution in [3.63, 3.8) is 0 Å². The molecule has 1 aromatic heterocycles. The molecule has 0 radical (unpaired) electrons. The predicted molar refractivity (Wildman–Crippen MR) is 139 cm³/mol. The summed E-state index contributed by atoms with van der Waals surface area (Å²) in [6.07, 6.45) is 5.30. The first-order valence-electron chi connectivity index (χ1n) is 12.2. The molecular formula is C27H27F3N4O2S. The average Bonchev–Trinajstić information content (AvgIpc) is 3.03. The predicted octanol–water partition coefficient (Wildman–Crippen LogP) is 6.58. The minimum absolute atomic E-state index is 0.0151. The van der Waals surface area contributed by atoms with E-state index in [0.29, 0.717) is 0 Å². The van der Waals surface area contributed by atoms with Gasteiger partial charge in [0.15, 0.2) is 0 Å². The van der Waals surface area contributed by atoms with E-state index in [-0.39, 0.29) is 28.9 Å². The highest BCUT2D eigenvalue weighted by molar-refractivity contribution is 8.00. The number of benzene rings is 2. The summed E-state index contributed by atoms with van der Waals surface area (Å²) in [5.41, 5.74) is -2.50. The normalized spacial score (nSPS) is 18.2. The number of piperidine rings is 1. The Hall–Kier alpha value is -3.27. The minimum atomic E-state index is -4.42. The largest absolute Gasteiger partial charge is 0.446 e. The summed E-state index contributed by atoms with van der Waals surface area (Å²) in [6, 6.07) is 12.8. The van der Waals surface area contributed by atoms with Crippen LogP contribution in [0.2, 0.25) is 0 Å². The van der Waals surface area contributed by atoms with Gasteiger partial charge in [0.05, 0.1) is 11.2 Å². The number of urea groups is 1. The SMILES string of the molecule is CC1(C)C(=O)N(c2ccc(SC(F)(F)F)cc2)C(=O)N1Cc1ccnc2cc(N3CCCCC3)ccc12. The Morgan fingerprint density at radius 3 is 2.30 bits per heavy atom. The molecule has 0 spiro atoms. The van der Waals surface area contributed by atoms with Crippen molar-refractivity contribution in [2.24, 2.45) is 0 Å². The van der Waals surface area contributed by atoms with Crippen molar-refractivity contribution >= 4 is 46.0 Å². The van der Waals surface area contributed by atoms with E-state index >= 15 is 0 Å². The highest BCUT2D eigenvalue weighted by atomic mass is 32.2. The van der Waals surface area contributed by atoms with Crippen LogP contribution in [0.15, 0.2) is 59.6 Å². The van der Waals surface area contributed by atoms with Gasteiger partial charge in [-0.1, -0.05) is 6.07 Å². The zero-order valence-electron chi connectivity index (χ0n) is 20.6. The van der Waals surface area contributed by atoms with Gasteiger partial charge in [0.25, 0.3) is 5.91 Å². The molecule has 5 rings (SSSR count). The Balaban J connectivity index is 1.41. The number of hydrogen-bond donors (Lipinski definition) is 0. The van der Waals surface area contributed by atoms with Crippen molar-refractivity contribution in [3.8, 4) is 0 Å². The lowest BCUT2D eigenvalue weighted by molar-refractivity contribution is -0.123. The summed E-state index contributed by atoms with van der Waals surface area (Å²) >= 11 is -0.241. The first-order valence-corrected chi connectivity index (χ1v) is 13.0. The summed E-state index contributed by atoms with van der Waals surface area (Å²) < 4.78 is 38.1. The number of carbonyl (C=O) groups is 2. The van der Waals surface area contributed by atoms with Crippen molar-refractivity contribution in [1.82, 2.24) is 9.88 Å². The first-order chi connectivity index (χ1) is 17.5. The average molecular weight is 529 g/mol. The van der Waals surface area contributed by atoms with E-state index in [1.165, 1.54) is 48.4 Å². The number of alkyl halides is 3. The van der Waals surface area contributed by atoms with Gasteiger partial charge < -0.3 is 9.80 Å². The molecule has 0 aliphatic carbocycles. The van der Waals surface area contributed by atoms with E-state index in [2.05, 4.69) is 22.0 Å². The fourth-order valence-electron chi connectivity index (χ4n) is 4.98. The molecule has 194 valence electrons. The van der Waals surface area contributed by atoms with Gasteiger partial charge in [0.2, 0.25) is 0 Å². The van der Waals surface area contributed by atoms with Gasteiger partial charge >= 0.3 is 11.5 Å². The standard InChI is InChI=1S/C27H27F3N4O2S/c1-26(2)24(35)34(19-6-9-21(10-7-19)37-27(28,29)30)25(36)33(26)17-18-12-13-31-23-16-20(8-11-22(18)23)32-14-4-3-5-15-32/h6-13,16H,3-5,14-15,17H2,1-2H3. The first kappa shape index (κ1) is 25.4. The smallest absolute Gasteiger partial charge is 0.371 e. The van der Waals surface area contributed by atoms with Crippen LogP contribution in [0.1, 0.15) is 38.7 Å². The lowest BCUT2D eigenvalue weighted by Gasteiger charge is -2.29. The molecule has 0 bridgehead atoms. The summed E-state index contributed by atoms with van der Waals surface area (Å²) in [5.74, 6) is -0.431. The van der Waals surface area contributed by atoms with Crippen LogP contribution in [0.25, 0.3) is 10.9 Å². The number of carbonyl (C=O) groups excluding carboxylic acids is 2. The third-order valence-electron chi connectivity index (χ3n) is 7.02. The van der Waals surface area contributed by atoms with Crippen LogP contribution < -0.4 is 9.80 Å². The van der Waals surface area contributed by atoms with Crippen molar-refractivity contribution in [2.75, 3.05) is 22.9 Å². The lowest BCUT2D eigenvalue weighted by Crippen LogP contribution is -2.43. The van der Waals surface area contributed by atoms with E-state index in [1.54, 1.807) is 20.0 Å². The van der Waals surface area contributed by atoms with Crippen molar-refractivity contribution in [3.05, 3.63) is 60.3 Å². The van der Waals surface area contributed by atoms with Gasteiger partial charge in [-0.25, -0.2) is 9.69 Å². The second-order valence-corrected chi connectivity index (χ2v) is 11.0. The zero-order valence-corrected chi connectivity index (χ0v) is 21.4. The number of pyridine rings is 1. The van der Waals surface area contributed by atoms with E-state index in [4.69, 9.17) is 0 Å².